The van der Waals surface area contributed by atoms with E-state index in [2.05, 4.69) is 10.2 Å². The van der Waals surface area contributed by atoms with Crippen LogP contribution in [0.1, 0.15) is 24.2 Å². The van der Waals surface area contributed by atoms with E-state index in [1.54, 1.807) is 55.3 Å². The molecule has 110 valence electrons. The van der Waals surface area contributed by atoms with Crippen LogP contribution in [-0.4, -0.2) is 49.2 Å². The van der Waals surface area contributed by atoms with Crippen molar-refractivity contribution in [3.05, 3.63) is 42.5 Å². The van der Waals surface area contributed by atoms with E-state index < -0.39 is 5.97 Å². The van der Waals surface area contributed by atoms with Crippen molar-refractivity contribution in [3.8, 4) is 5.69 Å². The van der Waals surface area contributed by atoms with Gasteiger partial charge in [0, 0.05) is 17.3 Å². The lowest BCUT2D eigenvalue weighted by Gasteiger charge is -2.25. The second-order valence-corrected chi connectivity index (χ2v) is 4.84. The normalized spacial score (nSPS) is 10.6. The molecule has 0 atom stereocenters. The molecule has 1 amide bonds. The number of nitrogens with zero attached hydrogens (tertiary/aromatic N) is 4. The molecule has 0 saturated heterocycles. The van der Waals surface area contributed by atoms with E-state index in [4.69, 9.17) is 5.11 Å². The molecular formula is C14H16N4O3. The van der Waals surface area contributed by atoms with E-state index >= 15 is 0 Å². The third-order valence-corrected chi connectivity index (χ3v) is 3.02. The highest BCUT2D eigenvalue weighted by Gasteiger charge is 2.21. The zero-order valence-electron chi connectivity index (χ0n) is 11.8. The molecule has 0 spiro atoms. The standard InChI is InChI=1S/C14H16N4O3/c1-10(2)18(7-13(19)20)14(21)11-3-5-12(6-4-11)17-8-15-16-9-17/h3-6,8-10H,7H2,1-2H3,(H,19,20). The molecule has 0 aliphatic heterocycles. The summed E-state index contributed by atoms with van der Waals surface area (Å²) in [6.07, 6.45) is 3.11. The van der Waals surface area contributed by atoms with E-state index in [0.717, 1.165) is 5.69 Å². The minimum atomic E-state index is -1.03. The molecule has 1 aromatic carbocycles. The first-order chi connectivity index (χ1) is 9.99. The van der Waals surface area contributed by atoms with E-state index in [0.29, 0.717) is 5.56 Å². The van der Waals surface area contributed by atoms with Crippen LogP contribution in [0, 0.1) is 0 Å². The van der Waals surface area contributed by atoms with Crippen LogP contribution < -0.4 is 0 Å². The Labute approximate surface area is 121 Å². The molecule has 1 aromatic heterocycles. The average molecular weight is 288 g/mol. The van der Waals surface area contributed by atoms with Crippen LogP contribution in [0.3, 0.4) is 0 Å². The van der Waals surface area contributed by atoms with Crippen LogP contribution in [0.5, 0.6) is 0 Å². The van der Waals surface area contributed by atoms with Gasteiger partial charge in [-0.15, -0.1) is 10.2 Å². The second kappa shape index (κ2) is 6.17. The Hall–Kier alpha value is -2.70. The lowest BCUT2D eigenvalue weighted by Crippen LogP contribution is -2.40. The van der Waals surface area contributed by atoms with Gasteiger partial charge in [-0.3, -0.25) is 14.2 Å². The molecular weight excluding hydrogens is 272 g/mol. The van der Waals surface area contributed by atoms with Crippen molar-refractivity contribution in [1.82, 2.24) is 19.7 Å². The molecule has 1 N–H and O–H groups in total. The Kier molecular flexibility index (Phi) is 4.32. The van der Waals surface area contributed by atoms with Crippen molar-refractivity contribution < 1.29 is 14.7 Å². The molecule has 0 aliphatic rings. The zero-order chi connectivity index (χ0) is 15.4. The number of carbonyl (C=O) groups is 2. The van der Waals surface area contributed by atoms with Crippen LogP contribution >= 0.6 is 0 Å². The van der Waals surface area contributed by atoms with Crippen LogP contribution in [0.4, 0.5) is 0 Å². The minimum absolute atomic E-state index is 0.189. The third-order valence-electron chi connectivity index (χ3n) is 3.02. The summed E-state index contributed by atoms with van der Waals surface area (Å²) in [5.41, 5.74) is 1.27. The van der Waals surface area contributed by atoms with Gasteiger partial charge in [0.15, 0.2) is 0 Å². The van der Waals surface area contributed by atoms with Gasteiger partial charge in [-0.2, -0.15) is 0 Å². The van der Waals surface area contributed by atoms with E-state index in [1.165, 1.54) is 4.90 Å². The highest BCUT2D eigenvalue weighted by Crippen LogP contribution is 2.12. The molecule has 21 heavy (non-hydrogen) atoms. The van der Waals surface area contributed by atoms with Crippen LogP contribution in [0.2, 0.25) is 0 Å². The summed E-state index contributed by atoms with van der Waals surface area (Å²) in [6, 6.07) is 6.65. The van der Waals surface area contributed by atoms with Gasteiger partial charge in [0.2, 0.25) is 0 Å². The maximum atomic E-state index is 12.4. The van der Waals surface area contributed by atoms with Crippen molar-refractivity contribution in [2.75, 3.05) is 6.54 Å². The number of benzene rings is 1. The first-order valence-electron chi connectivity index (χ1n) is 6.47. The molecule has 0 radical (unpaired) electrons. The van der Waals surface area contributed by atoms with Gasteiger partial charge < -0.3 is 10.0 Å². The number of hydrogen-bond acceptors (Lipinski definition) is 4. The Morgan fingerprint density at radius 1 is 1.19 bits per heavy atom. The number of carbonyl (C=O) groups excluding carboxylic acids is 1. The quantitative estimate of drug-likeness (QED) is 0.893. The van der Waals surface area contributed by atoms with Gasteiger partial charge in [-0.05, 0) is 38.1 Å². The first-order valence-corrected chi connectivity index (χ1v) is 6.47. The molecule has 0 bridgehead atoms. The molecule has 2 rings (SSSR count). The Morgan fingerprint density at radius 2 is 1.76 bits per heavy atom. The fourth-order valence-electron chi connectivity index (χ4n) is 1.91. The molecule has 1 heterocycles. The molecule has 7 heteroatoms. The number of carboxylic acids is 1. The van der Waals surface area contributed by atoms with Gasteiger partial charge in [0.1, 0.15) is 19.2 Å². The number of hydrogen-bond donors (Lipinski definition) is 1. The van der Waals surface area contributed by atoms with Gasteiger partial charge in [0.05, 0.1) is 0 Å². The maximum absolute atomic E-state index is 12.4. The number of carboxylic acid groups (broad SMARTS) is 1. The summed E-state index contributed by atoms with van der Waals surface area (Å²) in [4.78, 5) is 24.5. The fraction of sp³-hybridized carbons (Fsp3) is 0.286. The van der Waals surface area contributed by atoms with E-state index in [-0.39, 0.29) is 18.5 Å². The van der Waals surface area contributed by atoms with Crippen LogP contribution in [0.15, 0.2) is 36.9 Å². The Morgan fingerprint density at radius 3 is 2.24 bits per heavy atom. The van der Waals surface area contributed by atoms with Crippen molar-refractivity contribution in [3.63, 3.8) is 0 Å². The minimum Gasteiger partial charge on any atom is -0.480 e. The van der Waals surface area contributed by atoms with Crippen molar-refractivity contribution in [2.24, 2.45) is 0 Å². The number of aliphatic carboxylic acids is 1. The van der Waals surface area contributed by atoms with Gasteiger partial charge in [0.25, 0.3) is 5.91 Å². The summed E-state index contributed by atoms with van der Waals surface area (Å²) < 4.78 is 1.71. The summed E-state index contributed by atoms with van der Waals surface area (Å²) in [6.45, 7) is 3.25. The smallest absolute Gasteiger partial charge is 0.323 e. The summed E-state index contributed by atoms with van der Waals surface area (Å²) >= 11 is 0. The monoisotopic (exact) mass is 288 g/mol. The summed E-state index contributed by atoms with van der Waals surface area (Å²) in [7, 11) is 0. The van der Waals surface area contributed by atoms with E-state index in [1.807, 2.05) is 0 Å². The predicted molar refractivity (Wildman–Crippen MR) is 75.2 cm³/mol. The number of rotatable bonds is 5. The van der Waals surface area contributed by atoms with Gasteiger partial charge >= 0.3 is 5.97 Å². The van der Waals surface area contributed by atoms with Crippen molar-refractivity contribution >= 4 is 11.9 Å². The SMILES string of the molecule is CC(C)N(CC(=O)O)C(=O)c1ccc(-n2cnnc2)cc1. The Balaban J connectivity index is 2.20. The van der Waals surface area contributed by atoms with E-state index in [9.17, 15) is 9.59 Å². The molecule has 7 nitrogen and oxygen atoms in total. The summed E-state index contributed by atoms with van der Waals surface area (Å²) in [5.74, 6) is -1.33. The van der Waals surface area contributed by atoms with Gasteiger partial charge in [-0.25, -0.2) is 0 Å². The van der Waals surface area contributed by atoms with Gasteiger partial charge in [-0.1, -0.05) is 0 Å². The van der Waals surface area contributed by atoms with Crippen molar-refractivity contribution in [2.45, 2.75) is 19.9 Å². The molecule has 0 aliphatic carbocycles. The zero-order valence-corrected chi connectivity index (χ0v) is 11.8. The maximum Gasteiger partial charge on any atom is 0.323 e. The molecule has 0 fully saturated rings. The molecule has 0 unspecified atom stereocenters. The average Bonchev–Trinajstić information content (AvgIpc) is 2.98. The number of aromatic nitrogens is 3. The highest BCUT2D eigenvalue weighted by atomic mass is 16.4. The fourth-order valence-corrected chi connectivity index (χ4v) is 1.91. The van der Waals surface area contributed by atoms with Crippen LogP contribution in [0.25, 0.3) is 5.69 Å². The van der Waals surface area contributed by atoms with Crippen molar-refractivity contribution in [1.29, 1.82) is 0 Å². The molecule has 0 saturated carbocycles. The van der Waals surface area contributed by atoms with Crippen LogP contribution in [-0.2, 0) is 4.79 Å². The highest BCUT2D eigenvalue weighted by molar-refractivity contribution is 5.96. The third kappa shape index (κ3) is 3.44. The largest absolute Gasteiger partial charge is 0.480 e. The number of amides is 1. The summed E-state index contributed by atoms with van der Waals surface area (Å²) in [5, 5.41) is 16.3. The topological polar surface area (TPSA) is 88.3 Å². The predicted octanol–water partition coefficient (Wildman–Crippen LogP) is 1.20. The first kappa shape index (κ1) is 14.7. The lowest BCUT2D eigenvalue weighted by atomic mass is 10.1. The second-order valence-electron chi connectivity index (χ2n) is 4.84. The Bertz CT molecular complexity index is 620. The lowest BCUT2D eigenvalue weighted by molar-refractivity contribution is -0.138. The molecule has 2 aromatic rings.